The highest BCUT2D eigenvalue weighted by Gasteiger charge is 2.13. The molecule has 0 saturated carbocycles. The number of phenolic OH excluding ortho intramolecular Hbond substituents is 1. The van der Waals surface area contributed by atoms with Crippen LogP contribution in [-0.4, -0.2) is 19.7 Å². The third-order valence-corrected chi connectivity index (χ3v) is 2.73. The maximum Gasteiger partial charge on any atom is 0.172 e. The number of phenols is 1. The Morgan fingerprint density at radius 1 is 1.21 bits per heavy atom. The van der Waals surface area contributed by atoms with E-state index in [0.29, 0.717) is 22.6 Å². The van der Waals surface area contributed by atoms with Gasteiger partial charge in [-0.3, -0.25) is 4.40 Å². The summed E-state index contributed by atoms with van der Waals surface area (Å²) in [5, 5.41) is 26.5. The van der Waals surface area contributed by atoms with E-state index in [1.54, 1.807) is 22.7 Å². The first-order chi connectivity index (χ1) is 9.19. The van der Waals surface area contributed by atoms with Crippen LogP contribution in [0.1, 0.15) is 5.56 Å². The van der Waals surface area contributed by atoms with Crippen molar-refractivity contribution in [3.63, 3.8) is 0 Å². The number of nitriles is 1. The lowest BCUT2D eigenvalue weighted by Crippen LogP contribution is -1.91. The molecule has 3 aromatic rings. The molecule has 0 fully saturated rings. The predicted octanol–water partition coefficient (Wildman–Crippen LogP) is 2.11. The Morgan fingerprint density at radius 3 is 2.79 bits per heavy atom. The Bertz CT molecular complexity index is 819. The van der Waals surface area contributed by atoms with Crippen LogP contribution in [0.4, 0.5) is 4.39 Å². The molecule has 92 valence electrons. The number of hydrogen-bond acceptors (Lipinski definition) is 4. The summed E-state index contributed by atoms with van der Waals surface area (Å²) in [6, 6.07) is 8.93. The average molecular weight is 254 g/mol. The van der Waals surface area contributed by atoms with Gasteiger partial charge in [-0.2, -0.15) is 5.26 Å². The summed E-state index contributed by atoms with van der Waals surface area (Å²) in [5.74, 6) is -0.408. The summed E-state index contributed by atoms with van der Waals surface area (Å²) in [5.41, 5.74) is 1.33. The predicted molar refractivity (Wildman–Crippen MR) is 64.8 cm³/mol. The van der Waals surface area contributed by atoms with Crippen molar-refractivity contribution in [3.05, 3.63) is 47.9 Å². The molecule has 0 spiro atoms. The van der Waals surface area contributed by atoms with Crippen molar-refractivity contribution >= 4 is 5.65 Å². The Labute approximate surface area is 107 Å². The highest BCUT2D eigenvalue weighted by molar-refractivity contribution is 5.66. The van der Waals surface area contributed by atoms with E-state index in [1.165, 1.54) is 12.1 Å². The number of rotatable bonds is 1. The van der Waals surface area contributed by atoms with E-state index in [9.17, 15) is 9.50 Å². The lowest BCUT2D eigenvalue weighted by Gasteiger charge is -2.03. The number of aromatic nitrogens is 3. The summed E-state index contributed by atoms with van der Waals surface area (Å²) in [4.78, 5) is 0. The lowest BCUT2D eigenvalue weighted by atomic mass is 10.2. The SMILES string of the molecule is N#Cc1ccc2nnc(-c3ccc(F)cc3O)n2c1. The van der Waals surface area contributed by atoms with Crippen molar-refractivity contribution in [1.29, 1.82) is 5.26 Å². The minimum atomic E-state index is -0.534. The second-order valence-corrected chi connectivity index (χ2v) is 3.94. The molecule has 3 rings (SSSR count). The minimum Gasteiger partial charge on any atom is -0.507 e. The van der Waals surface area contributed by atoms with E-state index in [1.807, 2.05) is 6.07 Å². The molecule has 19 heavy (non-hydrogen) atoms. The van der Waals surface area contributed by atoms with Crippen LogP contribution in [0, 0.1) is 17.1 Å². The molecule has 0 unspecified atom stereocenters. The average Bonchev–Trinajstić information content (AvgIpc) is 2.81. The van der Waals surface area contributed by atoms with Crippen LogP contribution in [-0.2, 0) is 0 Å². The Kier molecular flexibility index (Phi) is 2.39. The fourth-order valence-electron chi connectivity index (χ4n) is 1.83. The monoisotopic (exact) mass is 254 g/mol. The largest absolute Gasteiger partial charge is 0.507 e. The van der Waals surface area contributed by atoms with E-state index in [2.05, 4.69) is 10.2 Å². The highest BCUT2D eigenvalue weighted by atomic mass is 19.1. The highest BCUT2D eigenvalue weighted by Crippen LogP contribution is 2.28. The van der Waals surface area contributed by atoms with E-state index in [4.69, 9.17) is 5.26 Å². The van der Waals surface area contributed by atoms with Gasteiger partial charge in [0.25, 0.3) is 0 Å². The summed E-state index contributed by atoms with van der Waals surface area (Å²) in [6.45, 7) is 0. The normalized spacial score (nSPS) is 10.5. The number of pyridine rings is 1. The third-order valence-electron chi connectivity index (χ3n) is 2.73. The van der Waals surface area contributed by atoms with Gasteiger partial charge in [0, 0.05) is 12.3 Å². The Morgan fingerprint density at radius 2 is 2.05 bits per heavy atom. The number of nitrogens with zero attached hydrogens (tertiary/aromatic N) is 4. The minimum absolute atomic E-state index is 0.225. The van der Waals surface area contributed by atoms with Crippen molar-refractivity contribution in [3.8, 4) is 23.2 Å². The fraction of sp³-hybridized carbons (Fsp3) is 0. The number of hydrogen-bond donors (Lipinski definition) is 1. The van der Waals surface area contributed by atoms with Gasteiger partial charge in [-0.25, -0.2) is 4.39 Å². The number of halogens is 1. The molecule has 1 N–H and O–H groups in total. The van der Waals surface area contributed by atoms with E-state index < -0.39 is 5.82 Å². The molecule has 5 nitrogen and oxygen atoms in total. The number of fused-ring (bicyclic) bond motifs is 1. The van der Waals surface area contributed by atoms with Gasteiger partial charge in [0.05, 0.1) is 11.1 Å². The molecule has 1 aromatic carbocycles. The van der Waals surface area contributed by atoms with Crippen molar-refractivity contribution in [1.82, 2.24) is 14.6 Å². The standard InChI is InChI=1S/C13H7FN4O/c14-9-2-3-10(11(19)5-9)13-17-16-12-4-1-8(6-15)7-18(12)13/h1-5,7,19H. The van der Waals surface area contributed by atoms with E-state index in [-0.39, 0.29) is 5.75 Å². The van der Waals surface area contributed by atoms with E-state index in [0.717, 1.165) is 6.07 Å². The number of aromatic hydroxyl groups is 1. The maximum absolute atomic E-state index is 13.0. The first kappa shape index (κ1) is 11.2. The molecule has 2 aromatic heterocycles. The molecule has 0 aliphatic rings. The molecule has 0 amide bonds. The molecule has 0 bridgehead atoms. The number of benzene rings is 1. The van der Waals surface area contributed by atoms with Gasteiger partial charge in [0.15, 0.2) is 11.5 Å². The van der Waals surface area contributed by atoms with Crippen molar-refractivity contribution in [2.24, 2.45) is 0 Å². The second kappa shape index (κ2) is 4.07. The fourth-order valence-corrected chi connectivity index (χ4v) is 1.83. The van der Waals surface area contributed by atoms with Crippen LogP contribution >= 0.6 is 0 Å². The zero-order valence-corrected chi connectivity index (χ0v) is 9.58. The van der Waals surface area contributed by atoms with Gasteiger partial charge in [0.2, 0.25) is 0 Å². The first-order valence-electron chi connectivity index (χ1n) is 5.43. The van der Waals surface area contributed by atoms with Crippen LogP contribution in [0.2, 0.25) is 0 Å². The van der Waals surface area contributed by atoms with Crippen molar-refractivity contribution < 1.29 is 9.50 Å². The van der Waals surface area contributed by atoms with E-state index >= 15 is 0 Å². The van der Waals surface area contributed by atoms with Crippen LogP contribution in [0.25, 0.3) is 17.0 Å². The zero-order chi connectivity index (χ0) is 13.4. The van der Waals surface area contributed by atoms with Gasteiger partial charge < -0.3 is 5.11 Å². The summed E-state index contributed by atoms with van der Waals surface area (Å²) in [7, 11) is 0. The molecule has 0 atom stereocenters. The third kappa shape index (κ3) is 1.77. The van der Waals surface area contributed by atoms with Gasteiger partial charge in [0.1, 0.15) is 17.6 Å². The molecule has 0 aliphatic heterocycles. The molecular weight excluding hydrogens is 247 g/mol. The van der Waals surface area contributed by atoms with Crippen LogP contribution in [0.15, 0.2) is 36.5 Å². The molecule has 2 heterocycles. The smallest absolute Gasteiger partial charge is 0.172 e. The molecule has 0 saturated heterocycles. The van der Waals surface area contributed by atoms with Crippen molar-refractivity contribution in [2.75, 3.05) is 0 Å². The molecular formula is C13H7FN4O. The quantitative estimate of drug-likeness (QED) is 0.721. The summed E-state index contributed by atoms with van der Waals surface area (Å²) < 4.78 is 14.6. The maximum atomic E-state index is 13.0. The summed E-state index contributed by atoms with van der Waals surface area (Å²) >= 11 is 0. The zero-order valence-electron chi connectivity index (χ0n) is 9.58. The van der Waals surface area contributed by atoms with Gasteiger partial charge in [-0.05, 0) is 24.3 Å². The Hall–Kier alpha value is -2.94. The topological polar surface area (TPSA) is 74.2 Å². The second-order valence-electron chi connectivity index (χ2n) is 3.94. The molecule has 0 aliphatic carbocycles. The van der Waals surface area contributed by atoms with Gasteiger partial charge in [-0.1, -0.05) is 0 Å². The first-order valence-corrected chi connectivity index (χ1v) is 5.43. The van der Waals surface area contributed by atoms with Crippen molar-refractivity contribution in [2.45, 2.75) is 0 Å². The lowest BCUT2D eigenvalue weighted by molar-refractivity contribution is 0.470. The summed E-state index contributed by atoms with van der Waals surface area (Å²) in [6.07, 6.45) is 1.56. The van der Waals surface area contributed by atoms with Gasteiger partial charge in [-0.15, -0.1) is 10.2 Å². The van der Waals surface area contributed by atoms with Crippen LogP contribution < -0.4 is 0 Å². The molecule has 0 radical (unpaired) electrons. The molecule has 6 heteroatoms. The van der Waals surface area contributed by atoms with Gasteiger partial charge >= 0.3 is 0 Å². The van der Waals surface area contributed by atoms with Crippen LogP contribution in [0.5, 0.6) is 5.75 Å². The Balaban J connectivity index is 2.28. The van der Waals surface area contributed by atoms with Crippen LogP contribution in [0.3, 0.4) is 0 Å².